The van der Waals surface area contributed by atoms with Crippen LogP contribution in [0.1, 0.15) is 13.3 Å². The summed E-state index contributed by atoms with van der Waals surface area (Å²) in [6, 6.07) is 0. The average Bonchev–Trinajstić information content (AvgIpc) is 1.90. The van der Waals surface area contributed by atoms with Gasteiger partial charge in [0.2, 0.25) is 0 Å². The molecule has 0 bridgehead atoms. The molecule has 0 heterocycles. The lowest BCUT2D eigenvalue weighted by molar-refractivity contribution is 0.265. The van der Waals surface area contributed by atoms with Gasteiger partial charge in [-0.2, -0.15) is 0 Å². The Hall–Kier alpha value is 0.0969. The van der Waals surface area contributed by atoms with E-state index in [4.69, 9.17) is 14.6 Å². The molecule has 0 aromatic heterocycles. The molecule has 4 heteroatoms. The van der Waals surface area contributed by atoms with Gasteiger partial charge < -0.3 is 14.6 Å². The maximum atomic E-state index is 5.63. The van der Waals surface area contributed by atoms with Crippen molar-refractivity contribution in [1.82, 2.24) is 0 Å². The Kier molecular flexibility index (Phi) is 4.98. The van der Waals surface area contributed by atoms with Crippen LogP contribution in [0, 0.1) is 0 Å². The number of nitrogens with two attached hydrogens (primary N) is 1. The molecule has 1 radical (unpaired) electrons. The lowest BCUT2D eigenvalue weighted by Gasteiger charge is -2.14. The zero-order valence-corrected chi connectivity index (χ0v) is 7.18. The number of hydrogen-bond donors (Lipinski definition) is 1. The number of hydrogen-bond acceptors (Lipinski definition) is 3. The first-order valence-corrected chi connectivity index (χ1v) is 4.36. The third-order valence-electron chi connectivity index (χ3n) is 1.14. The van der Waals surface area contributed by atoms with Crippen LogP contribution in [0.25, 0.3) is 0 Å². The molecule has 0 spiro atoms. The molecular weight excluding hydrogens is 134 g/mol. The van der Waals surface area contributed by atoms with E-state index in [0.29, 0.717) is 0 Å². The lowest BCUT2D eigenvalue weighted by atomic mass is 10.5. The average molecular weight is 148 g/mol. The van der Waals surface area contributed by atoms with Crippen molar-refractivity contribution in [2.24, 2.45) is 5.73 Å². The molecular formula is C5H14NO2Si. The molecule has 9 heavy (non-hydrogen) atoms. The summed E-state index contributed by atoms with van der Waals surface area (Å²) >= 11 is 0. The van der Waals surface area contributed by atoms with Crippen molar-refractivity contribution < 1.29 is 8.85 Å². The van der Waals surface area contributed by atoms with E-state index in [1.54, 1.807) is 14.2 Å². The van der Waals surface area contributed by atoms with E-state index < -0.39 is 9.28 Å². The normalized spacial score (nSPS) is 14.3. The summed E-state index contributed by atoms with van der Waals surface area (Å²) in [5.41, 5.74) is 5.72. The van der Waals surface area contributed by atoms with Crippen LogP contribution >= 0.6 is 0 Å². The third-order valence-corrected chi connectivity index (χ3v) is 2.96. The molecule has 3 nitrogen and oxygen atoms in total. The van der Waals surface area contributed by atoms with Gasteiger partial charge in [-0.15, -0.1) is 0 Å². The van der Waals surface area contributed by atoms with Gasteiger partial charge >= 0.3 is 9.28 Å². The second-order valence-electron chi connectivity index (χ2n) is 1.74. The SMILES string of the molecule is CCC(N)[Si](OC)OC. The molecule has 2 N–H and O–H groups in total. The zero-order chi connectivity index (χ0) is 7.28. The van der Waals surface area contributed by atoms with E-state index in [9.17, 15) is 0 Å². The molecule has 0 rings (SSSR count). The van der Waals surface area contributed by atoms with Gasteiger partial charge in [0.05, 0.1) is 0 Å². The highest BCUT2D eigenvalue weighted by atomic mass is 28.3. The van der Waals surface area contributed by atoms with Crippen molar-refractivity contribution in [3.63, 3.8) is 0 Å². The summed E-state index contributed by atoms with van der Waals surface area (Å²) in [5, 5.41) is 0. The second kappa shape index (κ2) is 4.93. The molecule has 0 amide bonds. The predicted octanol–water partition coefficient (Wildman–Crippen LogP) is 0.0439. The van der Waals surface area contributed by atoms with Crippen LogP contribution < -0.4 is 5.73 Å². The quantitative estimate of drug-likeness (QED) is 0.573. The van der Waals surface area contributed by atoms with Crippen molar-refractivity contribution in [2.45, 2.75) is 19.0 Å². The van der Waals surface area contributed by atoms with Crippen LogP contribution in [0.2, 0.25) is 0 Å². The summed E-state index contributed by atoms with van der Waals surface area (Å²) in [6.07, 6.45) is 0.913. The summed E-state index contributed by atoms with van der Waals surface area (Å²) in [6.45, 7) is 2.02. The van der Waals surface area contributed by atoms with Crippen LogP contribution in [0.5, 0.6) is 0 Å². The molecule has 0 aliphatic carbocycles. The van der Waals surface area contributed by atoms with E-state index in [-0.39, 0.29) is 5.67 Å². The van der Waals surface area contributed by atoms with E-state index in [0.717, 1.165) is 6.42 Å². The van der Waals surface area contributed by atoms with Crippen molar-refractivity contribution >= 4 is 9.28 Å². The van der Waals surface area contributed by atoms with Crippen LogP contribution in [-0.2, 0) is 8.85 Å². The van der Waals surface area contributed by atoms with Crippen molar-refractivity contribution in [3.8, 4) is 0 Å². The second-order valence-corrected chi connectivity index (χ2v) is 3.94. The maximum absolute atomic E-state index is 5.63. The fourth-order valence-electron chi connectivity index (χ4n) is 0.553. The monoisotopic (exact) mass is 148 g/mol. The minimum atomic E-state index is -1.17. The van der Waals surface area contributed by atoms with E-state index >= 15 is 0 Å². The van der Waals surface area contributed by atoms with Gasteiger partial charge in [0.25, 0.3) is 0 Å². The topological polar surface area (TPSA) is 44.5 Å². The zero-order valence-electron chi connectivity index (χ0n) is 6.18. The molecule has 0 aliphatic rings. The molecule has 0 saturated heterocycles. The molecule has 0 aromatic carbocycles. The molecule has 0 fully saturated rings. The van der Waals surface area contributed by atoms with Gasteiger partial charge in [0, 0.05) is 19.9 Å². The third kappa shape index (κ3) is 2.95. The maximum Gasteiger partial charge on any atom is 0.402 e. The minimum absolute atomic E-state index is 0.0880. The molecule has 1 atom stereocenters. The first-order valence-electron chi connectivity index (χ1n) is 2.96. The minimum Gasteiger partial charge on any atom is -0.396 e. The Morgan fingerprint density at radius 1 is 1.44 bits per heavy atom. The molecule has 0 aromatic rings. The van der Waals surface area contributed by atoms with Gasteiger partial charge in [0.15, 0.2) is 0 Å². The highest BCUT2D eigenvalue weighted by molar-refractivity contribution is 6.46. The summed E-state index contributed by atoms with van der Waals surface area (Å²) in [4.78, 5) is 0. The van der Waals surface area contributed by atoms with Crippen LogP contribution in [-0.4, -0.2) is 29.2 Å². The lowest BCUT2D eigenvalue weighted by Crippen LogP contribution is -2.41. The summed E-state index contributed by atoms with van der Waals surface area (Å²) in [5.74, 6) is 0. The van der Waals surface area contributed by atoms with Gasteiger partial charge in [0.1, 0.15) is 0 Å². The van der Waals surface area contributed by atoms with Gasteiger partial charge in [-0.25, -0.2) is 0 Å². The van der Waals surface area contributed by atoms with Crippen molar-refractivity contribution in [3.05, 3.63) is 0 Å². The summed E-state index contributed by atoms with van der Waals surface area (Å²) < 4.78 is 10.0. The number of rotatable bonds is 4. The predicted molar refractivity (Wildman–Crippen MR) is 38.0 cm³/mol. The summed E-state index contributed by atoms with van der Waals surface area (Å²) in [7, 11) is 2.09. The first-order chi connectivity index (χ1) is 4.26. The molecule has 0 saturated carbocycles. The van der Waals surface area contributed by atoms with Gasteiger partial charge in [-0.05, 0) is 6.42 Å². The van der Waals surface area contributed by atoms with Gasteiger partial charge in [-0.3, -0.25) is 0 Å². The van der Waals surface area contributed by atoms with Crippen LogP contribution in [0.4, 0.5) is 0 Å². The van der Waals surface area contributed by atoms with Crippen LogP contribution in [0.3, 0.4) is 0 Å². The van der Waals surface area contributed by atoms with Crippen molar-refractivity contribution in [2.75, 3.05) is 14.2 Å². The first kappa shape index (κ1) is 9.10. The highest BCUT2D eigenvalue weighted by Crippen LogP contribution is 1.94. The van der Waals surface area contributed by atoms with E-state index in [1.165, 1.54) is 0 Å². The van der Waals surface area contributed by atoms with Gasteiger partial charge in [-0.1, -0.05) is 6.92 Å². The fourth-order valence-corrected chi connectivity index (χ4v) is 1.66. The largest absolute Gasteiger partial charge is 0.402 e. The highest BCUT2D eigenvalue weighted by Gasteiger charge is 2.19. The Morgan fingerprint density at radius 2 is 1.89 bits per heavy atom. The Labute approximate surface area is 58.0 Å². The van der Waals surface area contributed by atoms with Crippen LogP contribution in [0.15, 0.2) is 0 Å². The smallest absolute Gasteiger partial charge is 0.396 e. The molecule has 0 aliphatic heterocycles. The fraction of sp³-hybridized carbons (Fsp3) is 1.00. The van der Waals surface area contributed by atoms with Crippen molar-refractivity contribution in [1.29, 1.82) is 0 Å². The van der Waals surface area contributed by atoms with E-state index in [1.807, 2.05) is 6.92 Å². The molecule has 1 unspecified atom stereocenters. The Morgan fingerprint density at radius 3 is 2.00 bits per heavy atom. The molecule has 55 valence electrons. The van der Waals surface area contributed by atoms with E-state index in [2.05, 4.69) is 0 Å². The Balaban J connectivity index is 3.50. The standard InChI is InChI=1S/C5H14NO2Si/c1-4-5(6)9(7-2)8-3/h5H,4,6H2,1-3H3. The Bertz CT molecular complexity index is 68.0.